The fourth-order valence-corrected chi connectivity index (χ4v) is 4.50. The third-order valence-electron chi connectivity index (χ3n) is 6.63. The number of carboxylic acid groups (broad SMARTS) is 1. The molecule has 3 aromatic carbocycles. The monoisotopic (exact) mass is 487 g/mol. The van der Waals surface area contributed by atoms with Crippen LogP contribution in [0.25, 0.3) is 10.8 Å². The molecule has 2 N–H and O–H groups in total. The van der Waals surface area contributed by atoms with E-state index in [2.05, 4.69) is 40.7 Å². The molecule has 3 rings (SSSR count). The Hall–Kier alpha value is -3.21. The van der Waals surface area contributed by atoms with Crippen molar-refractivity contribution in [3.8, 4) is 0 Å². The number of fused-ring (bicyclic) bond motifs is 1. The number of hydrogen-bond donors (Lipinski definition) is 2. The quantitative estimate of drug-likeness (QED) is 0.147. The predicted octanol–water partition coefficient (Wildman–Crippen LogP) is 10.1. The minimum atomic E-state index is -0.948. The third-order valence-corrected chi connectivity index (χ3v) is 6.63. The zero-order chi connectivity index (χ0) is 25.4. The van der Waals surface area contributed by atoms with Gasteiger partial charge in [0, 0.05) is 23.0 Å². The third kappa shape index (κ3) is 9.10. The van der Waals surface area contributed by atoms with Gasteiger partial charge in [-0.1, -0.05) is 102 Å². The van der Waals surface area contributed by atoms with Crippen LogP contribution in [0.15, 0.2) is 70.9 Å². The second-order valence-corrected chi connectivity index (χ2v) is 9.55. The highest BCUT2D eigenvalue weighted by molar-refractivity contribution is 6.00. The minimum Gasteiger partial charge on any atom is -0.478 e. The SMILES string of the molecule is CCCCCCCCCCCCCCNc1ccc(N=Nc2ccc(C(=O)O)cc2)c2ccccc12. The van der Waals surface area contributed by atoms with E-state index in [0.29, 0.717) is 5.69 Å². The van der Waals surface area contributed by atoms with Crippen molar-refractivity contribution < 1.29 is 9.90 Å². The molecule has 36 heavy (non-hydrogen) atoms. The Bertz CT molecular complexity index is 1090. The molecule has 192 valence electrons. The number of unbranched alkanes of at least 4 members (excludes halogenated alkanes) is 11. The number of nitrogens with zero attached hydrogens (tertiary/aromatic N) is 2. The first-order valence-corrected chi connectivity index (χ1v) is 13.7. The lowest BCUT2D eigenvalue weighted by molar-refractivity contribution is 0.0697. The molecule has 0 amide bonds. The molecule has 0 aliphatic carbocycles. The molecule has 0 unspecified atom stereocenters. The lowest BCUT2D eigenvalue weighted by Gasteiger charge is -2.11. The van der Waals surface area contributed by atoms with Gasteiger partial charge in [-0.05, 0) is 42.8 Å². The number of azo groups is 1. The topological polar surface area (TPSA) is 74.0 Å². The smallest absolute Gasteiger partial charge is 0.335 e. The summed E-state index contributed by atoms with van der Waals surface area (Å²) in [7, 11) is 0. The van der Waals surface area contributed by atoms with E-state index in [1.807, 2.05) is 18.2 Å². The van der Waals surface area contributed by atoms with Crippen molar-refractivity contribution in [3.63, 3.8) is 0 Å². The summed E-state index contributed by atoms with van der Waals surface area (Å²) in [5.41, 5.74) is 2.78. The van der Waals surface area contributed by atoms with Crippen LogP contribution in [0.4, 0.5) is 17.1 Å². The Morgan fingerprint density at radius 1 is 0.694 bits per heavy atom. The van der Waals surface area contributed by atoms with Gasteiger partial charge in [-0.15, -0.1) is 5.11 Å². The van der Waals surface area contributed by atoms with Gasteiger partial charge in [0.2, 0.25) is 0 Å². The molecule has 0 heterocycles. The molecule has 0 radical (unpaired) electrons. The average molecular weight is 488 g/mol. The molecule has 5 heteroatoms. The van der Waals surface area contributed by atoms with E-state index in [-0.39, 0.29) is 5.56 Å². The average Bonchev–Trinajstić information content (AvgIpc) is 2.90. The molecule has 5 nitrogen and oxygen atoms in total. The Labute approximate surface area is 216 Å². The summed E-state index contributed by atoms with van der Waals surface area (Å²) in [6, 6.07) is 18.7. The Balaban J connectivity index is 1.42. The number of rotatable bonds is 17. The highest BCUT2D eigenvalue weighted by atomic mass is 16.4. The first kappa shape index (κ1) is 27.4. The van der Waals surface area contributed by atoms with Gasteiger partial charge in [0.15, 0.2) is 0 Å². The van der Waals surface area contributed by atoms with Gasteiger partial charge < -0.3 is 10.4 Å². The van der Waals surface area contributed by atoms with Gasteiger partial charge in [0.1, 0.15) is 0 Å². The molecule has 0 aromatic heterocycles. The van der Waals surface area contributed by atoms with Crippen molar-refractivity contribution >= 4 is 33.8 Å². The van der Waals surface area contributed by atoms with Gasteiger partial charge >= 0.3 is 5.97 Å². The van der Waals surface area contributed by atoms with Gasteiger partial charge in [-0.3, -0.25) is 0 Å². The number of anilines is 1. The van der Waals surface area contributed by atoms with E-state index in [1.165, 1.54) is 89.2 Å². The molecule has 0 atom stereocenters. The van der Waals surface area contributed by atoms with Crippen molar-refractivity contribution in [2.24, 2.45) is 10.2 Å². The fraction of sp³-hybridized carbons (Fsp3) is 0.452. The standard InChI is InChI=1S/C31H41N3O2/c1-2-3-4-5-6-7-8-9-10-11-12-15-24-32-29-22-23-30(28-17-14-13-16-27(28)29)34-33-26-20-18-25(19-21-26)31(35)36/h13-14,16-23,32H,2-12,15,24H2,1H3,(H,35,36). The summed E-state index contributed by atoms with van der Waals surface area (Å²) < 4.78 is 0. The second-order valence-electron chi connectivity index (χ2n) is 9.55. The highest BCUT2D eigenvalue weighted by Gasteiger charge is 2.06. The van der Waals surface area contributed by atoms with Crippen LogP contribution < -0.4 is 5.32 Å². The summed E-state index contributed by atoms with van der Waals surface area (Å²) >= 11 is 0. The lowest BCUT2D eigenvalue weighted by atomic mass is 10.0. The first-order chi connectivity index (χ1) is 17.7. The Morgan fingerprint density at radius 3 is 1.89 bits per heavy atom. The van der Waals surface area contributed by atoms with E-state index in [0.717, 1.165) is 28.7 Å². The van der Waals surface area contributed by atoms with Crippen LogP contribution in [0, 0.1) is 0 Å². The van der Waals surface area contributed by atoms with Crippen LogP contribution in [0.2, 0.25) is 0 Å². The second kappa shape index (κ2) is 15.7. The van der Waals surface area contributed by atoms with Gasteiger partial charge in [-0.2, -0.15) is 5.11 Å². The molecule has 0 spiro atoms. The highest BCUT2D eigenvalue weighted by Crippen LogP contribution is 2.33. The maximum atomic E-state index is 11.0. The number of carboxylic acids is 1. The van der Waals surface area contributed by atoms with E-state index in [9.17, 15) is 4.79 Å². The van der Waals surface area contributed by atoms with Crippen molar-refractivity contribution in [3.05, 3.63) is 66.2 Å². The van der Waals surface area contributed by atoms with Crippen LogP contribution in [-0.4, -0.2) is 17.6 Å². The number of nitrogens with one attached hydrogen (secondary N) is 1. The molecule has 0 fully saturated rings. The molecule has 0 bridgehead atoms. The molecule has 3 aromatic rings. The molecule has 0 saturated carbocycles. The molecule has 0 aliphatic rings. The summed E-state index contributed by atoms with van der Waals surface area (Å²) in [5.74, 6) is -0.948. The van der Waals surface area contributed by atoms with Crippen molar-refractivity contribution in [1.29, 1.82) is 0 Å². The van der Waals surface area contributed by atoms with Gasteiger partial charge in [0.25, 0.3) is 0 Å². The molecular formula is C31H41N3O2. The zero-order valence-corrected chi connectivity index (χ0v) is 21.7. The van der Waals surface area contributed by atoms with Crippen LogP contribution >= 0.6 is 0 Å². The van der Waals surface area contributed by atoms with E-state index >= 15 is 0 Å². The van der Waals surface area contributed by atoms with Gasteiger partial charge in [0.05, 0.1) is 16.9 Å². The fourth-order valence-electron chi connectivity index (χ4n) is 4.50. The van der Waals surface area contributed by atoms with Crippen LogP contribution in [0.1, 0.15) is 94.3 Å². The van der Waals surface area contributed by atoms with Crippen LogP contribution in [-0.2, 0) is 0 Å². The van der Waals surface area contributed by atoms with E-state index in [4.69, 9.17) is 5.11 Å². The Morgan fingerprint density at radius 2 is 1.28 bits per heavy atom. The maximum absolute atomic E-state index is 11.0. The lowest BCUT2D eigenvalue weighted by Crippen LogP contribution is -2.02. The summed E-state index contributed by atoms with van der Waals surface area (Å²) in [6.07, 6.45) is 16.3. The van der Waals surface area contributed by atoms with E-state index < -0.39 is 5.97 Å². The van der Waals surface area contributed by atoms with Crippen LogP contribution in [0.3, 0.4) is 0 Å². The van der Waals surface area contributed by atoms with Crippen molar-refractivity contribution in [2.75, 3.05) is 11.9 Å². The van der Waals surface area contributed by atoms with Crippen LogP contribution in [0.5, 0.6) is 0 Å². The maximum Gasteiger partial charge on any atom is 0.335 e. The van der Waals surface area contributed by atoms with Gasteiger partial charge in [-0.25, -0.2) is 4.79 Å². The zero-order valence-electron chi connectivity index (χ0n) is 21.7. The van der Waals surface area contributed by atoms with Crippen molar-refractivity contribution in [2.45, 2.75) is 84.0 Å². The number of benzene rings is 3. The minimum absolute atomic E-state index is 0.239. The summed E-state index contributed by atoms with van der Waals surface area (Å²) in [6.45, 7) is 3.25. The summed E-state index contributed by atoms with van der Waals surface area (Å²) in [4.78, 5) is 11.0. The normalized spacial score (nSPS) is 11.4. The number of aromatic carboxylic acids is 1. The number of carbonyl (C=O) groups is 1. The van der Waals surface area contributed by atoms with Crippen molar-refractivity contribution in [1.82, 2.24) is 0 Å². The Kier molecular flexibility index (Phi) is 12.0. The first-order valence-electron chi connectivity index (χ1n) is 13.7. The number of hydrogen-bond acceptors (Lipinski definition) is 4. The molecule has 0 aliphatic heterocycles. The molecular weight excluding hydrogens is 446 g/mol. The predicted molar refractivity (Wildman–Crippen MR) is 151 cm³/mol. The molecule has 0 saturated heterocycles. The summed E-state index contributed by atoms with van der Waals surface area (Å²) in [5, 5.41) is 23.6. The van der Waals surface area contributed by atoms with E-state index in [1.54, 1.807) is 12.1 Å². The largest absolute Gasteiger partial charge is 0.478 e.